The molecule has 0 aromatic rings. The molecule has 1 rings (SSSR count). The second-order valence-electron chi connectivity index (χ2n) is 4.28. The van der Waals surface area contributed by atoms with Crippen molar-refractivity contribution in [3.05, 3.63) is 0 Å². The molecular formula is C9H20N2O. The Morgan fingerprint density at radius 1 is 1.42 bits per heavy atom. The molecule has 12 heavy (non-hydrogen) atoms. The van der Waals surface area contributed by atoms with Gasteiger partial charge in [-0.15, -0.1) is 0 Å². The van der Waals surface area contributed by atoms with E-state index in [1.54, 1.807) is 0 Å². The second kappa shape index (κ2) is 3.73. The van der Waals surface area contributed by atoms with E-state index in [1.165, 1.54) is 0 Å². The maximum atomic E-state index is 9.80. The van der Waals surface area contributed by atoms with Crippen molar-refractivity contribution in [2.75, 3.05) is 13.1 Å². The molecule has 4 N–H and O–H groups in total. The highest BCUT2D eigenvalue weighted by atomic mass is 16.3. The summed E-state index contributed by atoms with van der Waals surface area (Å²) in [5.41, 5.74) is 5.26. The van der Waals surface area contributed by atoms with Gasteiger partial charge >= 0.3 is 0 Å². The highest BCUT2D eigenvalue weighted by Gasteiger charge is 2.39. The van der Waals surface area contributed by atoms with Gasteiger partial charge in [0.1, 0.15) is 5.60 Å². The van der Waals surface area contributed by atoms with Gasteiger partial charge in [-0.25, -0.2) is 0 Å². The van der Waals surface area contributed by atoms with Crippen molar-refractivity contribution in [1.29, 1.82) is 0 Å². The van der Waals surface area contributed by atoms with E-state index in [4.69, 9.17) is 5.73 Å². The first-order valence-corrected chi connectivity index (χ1v) is 4.73. The lowest BCUT2D eigenvalue weighted by molar-refractivity contribution is -0.0353. The minimum atomic E-state index is -0.616. The summed E-state index contributed by atoms with van der Waals surface area (Å²) >= 11 is 0. The lowest BCUT2D eigenvalue weighted by atomic mass is 9.85. The van der Waals surface area contributed by atoms with Crippen LogP contribution in [0.25, 0.3) is 0 Å². The zero-order chi connectivity index (χ0) is 9.19. The van der Waals surface area contributed by atoms with Gasteiger partial charge < -0.3 is 16.2 Å². The van der Waals surface area contributed by atoms with Crippen molar-refractivity contribution in [3.63, 3.8) is 0 Å². The first-order valence-electron chi connectivity index (χ1n) is 4.73. The van der Waals surface area contributed by atoms with Gasteiger partial charge in [0.25, 0.3) is 0 Å². The molecule has 1 aliphatic rings. The molecule has 1 atom stereocenters. The fourth-order valence-electron chi connectivity index (χ4n) is 1.42. The third-order valence-electron chi connectivity index (χ3n) is 2.61. The zero-order valence-electron chi connectivity index (χ0n) is 8.01. The number of β-amino-alcohol motifs (C(OH)–C–C–N with tert-alkyl or cyclic N) is 1. The number of nitrogens with two attached hydrogens (primary N) is 1. The molecule has 0 bridgehead atoms. The molecule has 1 unspecified atom stereocenters. The molecule has 0 aliphatic carbocycles. The van der Waals surface area contributed by atoms with E-state index < -0.39 is 5.60 Å². The summed E-state index contributed by atoms with van der Waals surface area (Å²) in [5, 5.41) is 12.8. The van der Waals surface area contributed by atoms with Gasteiger partial charge in [0.2, 0.25) is 0 Å². The molecule has 0 spiro atoms. The standard InChI is InChI=1S/C9H20N2O/c1-7(2)3-4-8(10)9(12)5-11-6-9/h7-8,11-12H,3-6,10H2,1-2H3. The van der Waals surface area contributed by atoms with Crippen LogP contribution in [0.15, 0.2) is 0 Å². The predicted molar refractivity (Wildman–Crippen MR) is 49.9 cm³/mol. The van der Waals surface area contributed by atoms with Gasteiger partial charge in [0.15, 0.2) is 0 Å². The summed E-state index contributed by atoms with van der Waals surface area (Å²) in [6.45, 7) is 5.67. The van der Waals surface area contributed by atoms with Crippen LogP contribution in [0.1, 0.15) is 26.7 Å². The Labute approximate surface area is 74.3 Å². The normalized spacial score (nSPS) is 23.8. The van der Waals surface area contributed by atoms with Crippen molar-refractivity contribution in [2.24, 2.45) is 11.7 Å². The van der Waals surface area contributed by atoms with Crippen molar-refractivity contribution in [1.82, 2.24) is 5.32 Å². The molecule has 1 fully saturated rings. The third kappa shape index (κ3) is 2.19. The van der Waals surface area contributed by atoms with Crippen molar-refractivity contribution >= 4 is 0 Å². The summed E-state index contributed by atoms with van der Waals surface area (Å²) in [4.78, 5) is 0. The Morgan fingerprint density at radius 3 is 2.33 bits per heavy atom. The van der Waals surface area contributed by atoms with Gasteiger partial charge in [-0.05, 0) is 18.8 Å². The topological polar surface area (TPSA) is 58.3 Å². The maximum absolute atomic E-state index is 9.80. The summed E-state index contributed by atoms with van der Waals surface area (Å²) in [6, 6.07) is -0.0545. The van der Waals surface area contributed by atoms with Crippen LogP contribution in [0.2, 0.25) is 0 Å². The monoisotopic (exact) mass is 172 g/mol. The van der Waals surface area contributed by atoms with Crippen LogP contribution in [0, 0.1) is 5.92 Å². The van der Waals surface area contributed by atoms with E-state index in [2.05, 4.69) is 19.2 Å². The van der Waals surface area contributed by atoms with Crippen molar-refractivity contribution in [2.45, 2.75) is 38.3 Å². The Balaban J connectivity index is 2.23. The van der Waals surface area contributed by atoms with Gasteiger partial charge in [0.05, 0.1) is 0 Å². The summed E-state index contributed by atoms with van der Waals surface area (Å²) < 4.78 is 0. The molecule has 3 nitrogen and oxygen atoms in total. The maximum Gasteiger partial charge on any atom is 0.104 e. The van der Waals surface area contributed by atoms with E-state index >= 15 is 0 Å². The molecule has 3 heteroatoms. The van der Waals surface area contributed by atoms with E-state index in [9.17, 15) is 5.11 Å². The van der Waals surface area contributed by atoms with E-state index in [-0.39, 0.29) is 6.04 Å². The number of hydrogen-bond acceptors (Lipinski definition) is 3. The SMILES string of the molecule is CC(C)CCC(N)C1(O)CNC1. The molecule has 1 heterocycles. The summed E-state index contributed by atoms with van der Waals surface area (Å²) in [6.07, 6.45) is 2.03. The number of rotatable bonds is 4. The minimum absolute atomic E-state index is 0.0545. The highest BCUT2D eigenvalue weighted by molar-refractivity contribution is 5.00. The molecular weight excluding hydrogens is 152 g/mol. The molecule has 0 aromatic heterocycles. The van der Waals surface area contributed by atoms with Gasteiger partial charge in [0, 0.05) is 19.1 Å². The molecule has 1 saturated heterocycles. The van der Waals surface area contributed by atoms with Gasteiger partial charge in [-0.1, -0.05) is 13.8 Å². The molecule has 0 saturated carbocycles. The quantitative estimate of drug-likeness (QED) is 0.563. The smallest absolute Gasteiger partial charge is 0.104 e. The van der Waals surface area contributed by atoms with Crippen LogP contribution in [-0.2, 0) is 0 Å². The fourth-order valence-corrected chi connectivity index (χ4v) is 1.42. The number of hydrogen-bond donors (Lipinski definition) is 3. The summed E-state index contributed by atoms with van der Waals surface area (Å²) in [5.74, 6) is 0.674. The van der Waals surface area contributed by atoms with Crippen molar-refractivity contribution < 1.29 is 5.11 Å². The van der Waals surface area contributed by atoms with Crippen LogP contribution in [-0.4, -0.2) is 29.8 Å². The van der Waals surface area contributed by atoms with Crippen molar-refractivity contribution in [3.8, 4) is 0 Å². The lowest BCUT2D eigenvalue weighted by Gasteiger charge is -2.42. The summed E-state index contributed by atoms with van der Waals surface area (Å²) in [7, 11) is 0. The van der Waals surface area contributed by atoms with E-state index in [0.717, 1.165) is 12.8 Å². The van der Waals surface area contributed by atoms with Gasteiger partial charge in [-0.3, -0.25) is 0 Å². The zero-order valence-corrected chi connectivity index (χ0v) is 8.01. The van der Waals surface area contributed by atoms with Crippen LogP contribution in [0.3, 0.4) is 0 Å². The fraction of sp³-hybridized carbons (Fsp3) is 1.00. The van der Waals surface area contributed by atoms with Crippen LogP contribution in [0.4, 0.5) is 0 Å². The first kappa shape index (κ1) is 9.96. The Bertz CT molecular complexity index is 143. The highest BCUT2D eigenvalue weighted by Crippen LogP contribution is 2.19. The van der Waals surface area contributed by atoms with E-state index in [0.29, 0.717) is 19.0 Å². The Hall–Kier alpha value is -0.120. The molecule has 0 aromatic carbocycles. The third-order valence-corrected chi connectivity index (χ3v) is 2.61. The Kier molecular flexibility index (Phi) is 3.09. The first-order chi connectivity index (χ1) is 5.54. The largest absolute Gasteiger partial charge is 0.386 e. The minimum Gasteiger partial charge on any atom is -0.386 e. The van der Waals surface area contributed by atoms with Crippen LogP contribution < -0.4 is 11.1 Å². The molecule has 72 valence electrons. The van der Waals surface area contributed by atoms with Crippen LogP contribution >= 0.6 is 0 Å². The molecule has 1 aliphatic heterocycles. The van der Waals surface area contributed by atoms with Crippen LogP contribution in [0.5, 0.6) is 0 Å². The molecule has 0 radical (unpaired) electrons. The van der Waals surface area contributed by atoms with E-state index in [1.807, 2.05) is 0 Å². The lowest BCUT2D eigenvalue weighted by Crippen LogP contribution is -2.68. The predicted octanol–water partition coefficient (Wildman–Crippen LogP) is 0.0842. The average molecular weight is 172 g/mol. The number of nitrogens with one attached hydrogen (secondary N) is 1. The Morgan fingerprint density at radius 2 is 2.00 bits per heavy atom. The number of aliphatic hydroxyl groups is 1. The second-order valence-corrected chi connectivity index (χ2v) is 4.28. The van der Waals surface area contributed by atoms with Gasteiger partial charge in [-0.2, -0.15) is 0 Å². The average Bonchev–Trinajstić information content (AvgIpc) is 1.95. The molecule has 0 amide bonds.